The van der Waals surface area contributed by atoms with Crippen molar-refractivity contribution >= 4 is 11.0 Å². The summed E-state index contributed by atoms with van der Waals surface area (Å²) in [7, 11) is 1.70. The van der Waals surface area contributed by atoms with E-state index in [1.807, 2.05) is 0 Å². The van der Waals surface area contributed by atoms with Crippen LogP contribution >= 0.6 is 0 Å². The number of ether oxygens (including phenoxy) is 3. The molecule has 0 radical (unpaired) electrons. The summed E-state index contributed by atoms with van der Waals surface area (Å²) in [6.45, 7) is 6.57. The van der Waals surface area contributed by atoms with E-state index in [0.717, 1.165) is 56.2 Å². The Hall–Kier alpha value is -1.51. The van der Waals surface area contributed by atoms with Gasteiger partial charge in [0.05, 0.1) is 44.1 Å². The lowest BCUT2D eigenvalue weighted by Crippen LogP contribution is -2.58. The SMILES string of the molecule is COCCOCCOCCN1CCC[C@@H](c2nc3ccccc3n2[C@H]2C[C@H]3CCC[C@@H](C2)N3[C@H]2C[C@@H]3CCC[C@@H](C3)C2)C1. The van der Waals surface area contributed by atoms with E-state index in [1.165, 1.54) is 100 Å². The summed E-state index contributed by atoms with van der Waals surface area (Å²) in [6.07, 6.45) is 18.3. The highest BCUT2D eigenvalue weighted by Gasteiger charge is 2.45. The van der Waals surface area contributed by atoms with Crippen LogP contribution in [0.4, 0.5) is 0 Å². The van der Waals surface area contributed by atoms with E-state index in [9.17, 15) is 0 Å². The molecular formula is C36H56N4O3. The van der Waals surface area contributed by atoms with Gasteiger partial charge in [0.25, 0.3) is 0 Å². The lowest BCUT2D eigenvalue weighted by Gasteiger charge is -2.55. The second-order valence-electron chi connectivity index (χ2n) is 14.5. The molecule has 5 fully saturated rings. The van der Waals surface area contributed by atoms with E-state index < -0.39 is 0 Å². The van der Waals surface area contributed by atoms with Gasteiger partial charge < -0.3 is 23.7 Å². The van der Waals surface area contributed by atoms with Crippen molar-refractivity contribution in [1.82, 2.24) is 19.4 Å². The van der Waals surface area contributed by atoms with Crippen LogP contribution in [0.1, 0.15) is 101 Å². The first-order valence-corrected chi connectivity index (χ1v) is 17.9. The molecule has 2 aromatic rings. The zero-order valence-corrected chi connectivity index (χ0v) is 26.7. The van der Waals surface area contributed by atoms with Gasteiger partial charge in [-0.15, -0.1) is 0 Å². The Morgan fingerprint density at radius 1 is 0.721 bits per heavy atom. The lowest BCUT2D eigenvalue weighted by molar-refractivity contribution is -0.0487. The third kappa shape index (κ3) is 6.86. The minimum Gasteiger partial charge on any atom is -0.382 e. The number of fused-ring (bicyclic) bond motifs is 5. The Labute approximate surface area is 259 Å². The molecule has 4 heterocycles. The van der Waals surface area contributed by atoms with Gasteiger partial charge in [0, 0.05) is 50.3 Å². The summed E-state index contributed by atoms with van der Waals surface area (Å²) < 4.78 is 19.3. The number of hydrogen-bond acceptors (Lipinski definition) is 6. The minimum absolute atomic E-state index is 0.495. The molecule has 0 N–H and O–H groups in total. The van der Waals surface area contributed by atoms with Crippen LogP contribution in [-0.4, -0.2) is 97.3 Å². The molecule has 2 saturated carbocycles. The van der Waals surface area contributed by atoms with Crippen molar-refractivity contribution in [2.45, 2.75) is 114 Å². The summed E-state index contributed by atoms with van der Waals surface area (Å²) in [5.74, 6) is 3.87. The van der Waals surface area contributed by atoms with Gasteiger partial charge in [0.2, 0.25) is 0 Å². The Kier molecular flexibility index (Phi) is 10.0. The summed E-state index contributed by atoms with van der Waals surface area (Å²) in [5.41, 5.74) is 2.56. The summed E-state index contributed by atoms with van der Waals surface area (Å²) in [6, 6.07) is 11.9. The van der Waals surface area contributed by atoms with Gasteiger partial charge >= 0.3 is 0 Å². The number of likely N-dealkylation sites (tertiary alicyclic amines) is 1. The molecule has 1 aromatic heterocycles. The van der Waals surface area contributed by atoms with Crippen molar-refractivity contribution in [3.8, 4) is 0 Å². The molecule has 7 heteroatoms. The molecule has 7 atom stereocenters. The highest BCUT2D eigenvalue weighted by molar-refractivity contribution is 5.76. The second-order valence-corrected chi connectivity index (χ2v) is 14.5. The largest absolute Gasteiger partial charge is 0.382 e. The topological polar surface area (TPSA) is 52.0 Å². The van der Waals surface area contributed by atoms with E-state index in [2.05, 4.69) is 38.6 Å². The van der Waals surface area contributed by atoms with Gasteiger partial charge in [-0.2, -0.15) is 0 Å². The third-order valence-electron chi connectivity index (χ3n) is 11.7. The van der Waals surface area contributed by atoms with E-state index in [-0.39, 0.29) is 0 Å². The van der Waals surface area contributed by atoms with Crippen molar-refractivity contribution in [3.05, 3.63) is 30.1 Å². The fourth-order valence-electron chi connectivity index (χ4n) is 10.00. The average molecular weight is 593 g/mol. The Morgan fingerprint density at radius 3 is 2.23 bits per heavy atom. The van der Waals surface area contributed by atoms with Crippen LogP contribution in [0.3, 0.4) is 0 Å². The van der Waals surface area contributed by atoms with Gasteiger partial charge in [0.15, 0.2) is 0 Å². The van der Waals surface area contributed by atoms with E-state index in [1.54, 1.807) is 7.11 Å². The van der Waals surface area contributed by atoms with Crippen LogP contribution in [0.5, 0.6) is 0 Å². The molecule has 0 spiro atoms. The molecule has 5 aliphatic rings. The maximum atomic E-state index is 5.92. The van der Waals surface area contributed by atoms with Crippen LogP contribution in [0, 0.1) is 11.8 Å². The number of para-hydroxylation sites is 2. The number of piperidine rings is 3. The fourth-order valence-corrected chi connectivity index (χ4v) is 10.00. The Morgan fingerprint density at radius 2 is 1.44 bits per heavy atom. The summed E-state index contributed by atoms with van der Waals surface area (Å²) in [4.78, 5) is 11.1. The molecule has 7 nitrogen and oxygen atoms in total. The van der Waals surface area contributed by atoms with Gasteiger partial charge in [-0.1, -0.05) is 37.8 Å². The van der Waals surface area contributed by atoms with Gasteiger partial charge in [-0.25, -0.2) is 4.98 Å². The molecule has 3 aliphatic heterocycles. The number of aromatic nitrogens is 2. The van der Waals surface area contributed by atoms with Crippen LogP contribution < -0.4 is 0 Å². The van der Waals surface area contributed by atoms with Crippen molar-refractivity contribution < 1.29 is 14.2 Å². The number of hydrogen-bond donors (Lipinski definition) is 0. The predicted octanol–water partition coefficient (Wildman–Crippen LogP) is 6.42. The first kappa shape index (κ1) is 30.2. The van der Waals surface area contributed by atoms with Crippen molar-refractivity contribution in [1.29, 1.82) is 0 Å². The molecule has 4 bridgehead atoms. The molecule has 2 aliphatic carbocycles. The van der Waals surface area contributed by atoms with Crippen LogP contribution in [0.2, 0.25) is 0 Å². The smallest absolute Gasteiger partial charge is 0.114 e. The fraction of sp³-hybridized carbons (Fsp3) is 0.806. The molecule has 0 unspecified atom stereocenters. The Bertz CT molecular complexity index is 1140. The Balaban J connectivity index is 1.03. The zero-order valence-electron chi connectivity index (χ0n) is 26.7. The molecule has 1 aromatic carbocycles. The maximum absolute atomic E-state index is 5.92. The summed E-state index contributed by atoms with van der Waals surface area (Å²) in [5, 5.41) is 0. The minimum atomic E-state index is 0.495. The first-order chi connectivity index (χ1) is 21.3. The monoisotopic (exact) mass is 592 g/mol. The van der Waals surface area contributed by atoms with Crippen molar-refractivity contribution in [2.75, 3.05) is 59.8 Å². The van der Waals surface area contributed by atoms with Crippen LogP contribution in [-0.2, 0) is 14.2 Å². The van der Waals surface area contributed by atoms with Gasteiger partial charge in [-0.3, -0.25) is 4.90 Å². The highest BCUT2D eigenvalue weighted by Crippen LogP contribution is 2.48. The molecule has 7 rings (SSSR count). The van der Waals surface area contributed by atoms with Crippen molar-refractivity contribution in [3.63, 3.8) is 0 Å². The molecule has 238 valence electrons. The number of rotatable bonds is 12. The predicted molar refractivity (Wildman–Crippen MR) is 172 cm³/mol. The third-order valence-corrected chi connectivity index (χ3v) is 11.7. The van der Waals surface area contributed by atoms with E-state index in [4.69, 9.17) is 19.2 Å². The van der Waals surface area contributed by atoms with Crippen molar-refractivity contribution in [2.24, 2.45) is 11.8 Å². The standard InChI is InChI=1S/C36H56N4O3/c1-41-17-18-43-20-19-42-16-15-38-14-6-9-29(26-38)36-37-34-12-2-3-13-35(34)40(36)33-24-30-10-5-11-31(25-33)39(30)32-22-27-7-4-8-28(21-27)23-32/h2-3,12-13,27-33H,4-11,14-26H2,1H3/t27-,28+,29-,30-,31+,32+,33+/m1/s1. The van der Waals surface area contributed by atoms with Gasteiger partial charge in [-0.05, 0) is 88.3 Å². The second kappa shape index (κ2) is 14.3. The first-order valence-electron chi connectivity index (χ1n) is 17.9. The zero-order chi connectivity index (χ0) is 29.0. The number of nitrogens with zero attached hydrogens (tertiary/aromatic N) is 4. The molecule has 43 heavy (non-hydrogen) atoms. The molecule has 0 amide bonds. The molecular weight excluding hydrogens is 536 g/mol. The highest BCUT2D eigenvalue weighted by atomic mass is 16.5. The van der Waals surface area contributed by atoms with Crippen LogP contribution in [0.25, 0.3) is 11.0 Å². The molecule has 3 saturated heterocycles. The number of imidazole rings is 1. The maximum Gasteiger partial charge on any atom is 0.114 e. The quantitative estimate of drug-likeness (QED) is 0.265. The van der Waals surface area contributed by atoms with Crippen LogP contribution in [0.15, 0.2) is 24.3 Å². The number of benzene rings is 1. The summed E-state index contributed by atoms with van der Waals surface area (Å²) >= 11 is 0. The van der Waals surface area contributed by atoms with E-state index >= 15 is 0 Å². The lowest BCUT2D eigenvalue weighted by atomic mass is 9.68. The normalized spacial score (nSPS) is 33.7. The average Bonchev–Trinajstić information content (AvgIpc) is 3.41. The van der Waals surface area contributed by atoms with Gasteiger partial charge in [0.1, 0.15) is 5.82 Å². The number of methoxy groups -OCH3 is 1. The van der Waals surface area contributed by atoms with E-state index in [0.29, 0.717) is 38.4 Å².